The number of anilines is 1. The summed E-state index contributed by atoms with van der Waals surface area (Å²) in [6.45, 7) is 2.23. The molecule has 42 heavy (non-hydrogen) atoms. The fourth-order valence-corrected chi connectivity index (χ4v) is 7.45. The van der Waals surface area contributed by atoms with E-state index < -0.39 is 31.8 Å². The van der Waals surface area contributed by atoms with Crippen LogP contribution in [0.15, 0.2) is 70.0 Å². The van der Waals surface area contributed by atoms with E-state index in [1.54, 1.807) is 12.1 Å². The molecular weight excluding hydrogens is 581 g/mol. The zero-order chi connectivity index (χ0) is 30.4. The van der Waals surface area contributed by atoms with Crippen LogP contribution in [-0.4, -0.2) is 60.5 Å². The molecule has 0 spiro atoms. The summed E-state index contributed by atoms with van der Waals surface area (Å²) in [5.41, 5.74) is 3.22. The van der Waals surface area contributed by atoms with E-state index in [4.69, 9.17) is 4.42 Å². The van der Waals surface area contributed by atoms with Crippen molar-refractivity contribution in [1.82, 2.24) is 9.62 Å². The van der Waals surface area contributed by atoms with E-state index in [0.29, 0.717) is 51.9 Å². The largest absolute Gasteiger partial charge is 0.455 e. The lowest BCUT2D eigenvalue weighted by Crippen LogP contribution is -2.39. The number of piperidine rings is 1. The van der Waals surface area contributed by atoms with E-state index >= 15 is 0 Å². The molecule has 1 saturated heterocycles. The molecule has 1 amide bonds. The molecule has 0 unspecified atom stereocenters. The monoisotopic (exact) mass is 613 g/mol. The van der Waals surface area contributed by atoms with Gasteiger partial charge in [0.25, 0.3) is 5.91 Å². The number of hydrogen-bond donors (Lipinski definition) is 1. The molecule has 0 radical (unpaired) electrons. The number of amides is 1. The van der Waals surface area contributed by atoms with Crippen molar-refractivity contribution in [3.05, 3.63) is 83.2 Å². The minimum Gasteiger partial charge on any atom is -0.455 e. The maximum Gasteiger partial charge on any atom is 0.255 e. The highest BCUT2D eigenvalue weighted by atomic mass is 32.2. The number of fused-ring (bicyclic) bond motifs is 1. The van der Waals surface area contributed by atoms with Crippen molar-refractivity contribution >= 4 is 42.6 Å². The Morgan fingerprint density at radius 1 is 1.07 bits per heavy atom. The van der Waals surface area contributed by atoms with Gasteiger partial charge in [0, 0.05) is 44.2 Å². The fourth-order valence-electron chi connectivity index (χ4n) is 5.38. The summed E-state index contributed by atoms with van der Waals surface area (Å²) in [7, 11) is -4.79. The van der Waals surface area contributed by atoms with Gasteiger partial charge in [0.05, 0.1) is 22.4 Å². The lowest BCUT2D eigenvalue weighted by molar-refractivity contribution is 0.0964. The van der Waals surface area contributed by atoms with Crippen molar-refractivity contribution in [2.75, 3.05) is 37.7 Å². The highest BCUT2D eigenvalue weighted by Crippen LogP contribution is 2.42. The molecular formula is C30H32FN3O6S2. The molecule has 12 heteroatoms. The zero-order valence-electron chi connectivity index (χ0n) is 23.7. The van der Waals surface area contributed by atoms with Crippen LogP contribution in [0.4, 0.5) is 10.1 Å². The number of carbonyl (C=O) groups is 1. The van der Waals surface area contributed by atoms with Crippen LogP contribution >= 0.6 is 0 Å². The minimum atomic E-state index is -4.01. The zero-order valence-corrected chi connectivity index (χ0v) is 25.4. The number of halogens is 1. The molecule has 0 bridgehead atoms. The standard InChI is InChI=1S/C30H32FN3O6S2/c1-19-10-12-20(13-11-19)29-28(30(35)32-2)25-16-24(26(17-27(25)40-29)33(3)41(4,36)37)21-7-6-14-34(18-21)42(38,39)23-9-5-8-22(31)15-23/h5,8-13,15-17,21H,6-7,14,18H2,1-4H3,(H,32,35)/t21-/m0/s1. The van der Waals surface area contributed by atoms with Crippen molar-refractivity contribution in [3.63, 3.8) is 0 Å². The van der Waals surface area contributed by atoms with Gasteiger partial charge in [-0.2, -0.15) is 4.31 Å². The Kier molecular flexibility index (Phi) is 7.90. The van der Waals surface area contributed by atoms with Gasteiger partial charge < -0.3 is 9.73 Å². The molecule has 0 aliphatic carbocycles. The van der Waals surface area contributed by atoms with Gasteiger partial charge in [-0.05, 0) is 55.5 Å². The summed E-state index contributed by atoms with van der Waals surface area (Å²) in [4.78, 5) is 13.0. The van der Waals surface area contributed by atoms with E-state index in [9.17, 15) is 26.0 Å². The van der Waals surface area contributed by atoms with Gasteiger partial charge >= 0.3 is 0 Å². The molecule has 9 nitrogen and oxygen atoms in total. The van der Waals surface area contributed by atoms with Crippen LogP contribution in [0.25, 0.3) is 22.3 Å². The lowest BCUT2D eigenvalue weighted by atomic mass is 9.89. The maximum absolute atomic E-state index is 13.9. The van der Waals surface area contributed by atoms with Gasteiger partial charge in [0.1, 0.15) is 17.2 Å². The second-order valence-corrected chi connectivity index (χ2v) is 14.5. The highest BCUT2D eigenvalue weighted by Gasteiger charge is 2.34. The van der Waals surface area contributed by atoms with Crippen LogP contribution in [0.3, 0.4) is 0 Å². The third kappa shape index (κ3) is 5.53. The topological polar surface area (TPSA) is 117 Å². The summed E-state index contributed by atoms with van der Waals surface area (Å²) in [6.07, 6.45) is 2.16. The van der Waals surface area contributed by atoms with Gasteiger partial charge in [-0.1, -0.05) is 35.9 Å². The van der Waals surface area contributed by atoms with Crippen LogP contribution in [0.1, 0.15) is 40.2 Å². The summed E-state index contributed by atoms with van der Waals surface area (Å²) in [5, 5.41) is 3.15. The molecule has 3 aromatic carbocycles. The lowest BCUT2D eigenvalue weighted by Gasteiger charge is -2.34. The van der Waals surface area contributed by atoms with Gasteiger partial charge in [-0.25, -0.2) is 21.2 Å². The first-order chi connectivity index (χ1) is 19.8. The second kappa shape index (κ2) is 11.2. The molecule has 5 rings (SSSR count). The predicted molar refractivity (Wildman–Crippen MR) is 160 cm³/mol. The number of aryl methyl sites for hydroxylation is 1. The Labute approximate surface area is 245 Å². The fraction of sp³-hybridized carbons (Fsp3) is 0.300. The number of benzene rings is 3. The third-order valence-electron chi connectivity index (χ3n) is 7.70. The first-order valence-corrected chi connectivity index (χ1v) is 16.7. The van der Waals surface area contributed by atoms with E-state index in [-0.39, 0.29) is 23.9 Å². The highest BCUT2D eigenvalue weighted by molar-refractivity contribution is 7.92. The van der Waals surface area contributed by atoms with Crippen molar-refractivity contribution in [2.45, 2.75) is 30.6 Å². The van der Waals surface area contributed by atoms with E-state index in [1.807, 2.05) is 31.2 Å². The van der Waals surface area contributed by atoms with Crippen LogP contribution in [0.2, 0.25) is 0 Å². The van der Waals surface area contributed by atoms with E-state index in [2.05, 4.69) is 5.32 Å². The molecule has 2 heterocycles. The normalized spacial score (nSPS) is 16.5. The summed E-state index contributed by atoms with van der Waals surface area (Å²) in [6, 6.07) is 15.7. The molecule has 222 valence electrons. The number of nitrogens with one attached hydrogen (secondary N) is 1. The maximum atomic E-state index is 13.9. The Bertz CT molecular complexity index is 1890. The Balaban J connectivity index is 1.68. The first-order valence-electron chi connectivity index (χ1n) is 13.4. The Morgan fingerprint density at radius 3 is 2.43 bits per heavy atom. The predicted octanol–water partition coefficient (Wildman–Crippen LogP) is 4.87. The summed E-state index contributed by atoms with van der Waals surface area (Å²) < 4.78 is 74.9. The van der Waals surface area contributed by atoms with E-state index in [1.165, 1.54) is 36.6 Å². The van der Waals surface area contributed by atoms with Gasteiger partial charge in [-0.3, -0.25) is 9.10 Å². The van der Waals surface area contributed by atoms with Crippen LogP contribution in [0.5, 0.6) is 0 Å². The number of rotatable bonds is 7. The molecule has 0 saturated carbocycles. The first kappa shape index (κ1) is 29.7. The van der Waals surface area contributed by atoms with Crippen molar-refractivity contribution < 1.29 is 30.4 Å². The molecule has 1 fully saturated rings. The van der Waals surface area contributed by atoms with Crippen LogP contribution < -0.4 is 9.62 Å². The van der Waals surface area contributed by atoms with Crippen molar-refractivity contribution in [1.29, 1.82) is 0 Å². The third-order valence-corrected chi connectivity index (χ3v) is 10.8. The van der Waals surface area contributed by atoms with Crippen molar-refractivity contribution in [3.8, 4) is 11.3 Å². The van der Waals surface area contributed by atoms with Gasteiger partial charge in [0.15, 0.2) is 0 Å². The smallest absolute Gasteiger partial charge is 0.255 e. The average molecular weight is 614 g/mol. The van der Waals surface area contributed by atoms with Crippen LogP contribution in [0, 0.1) is 12.7 Å². The minimum absolute atomic E-state index is 0.0485. The molecule has 4 aromatic rings. The number of furan rings is 1. The number of hydrogen-bond acceptors (Lipinski definition) is 6. The molecule has 1 aromatic heterocycles. The molecule has 1 aliphatic heterocycles. The second-order valence-electron chi connectivity index (χ2n) is 10.5. The Morgan fingerprint density at radius 2 is 1.79 bits per heavy atom. The summed E-state index contributed by atoms with van der Waals surface area (Å²) in [5.74, 6) is -1.11. The molecule has 1 N–H and O–H groups in total. The Hall–Kier alpha value is -3.74. The summed E-state index contributed by atoms with van der Waals surface area (Å²) >= 11 is 0. The number of sulfonamides is 2. The van der Waals surface area contributed by atoms with Gasteiger partial charge in [-0.15, -0.1) is 0 Å². The van der Waals surface area contributed by atoms with Crippen LogP contribution in [-0.2, 0) is 20.0 Å². The average Bonchev–Trinajstić information content (AvgIpc) is 3.34. The quantitative estimate of drug-likeness (QED) is 0.318. The number of nitrogens with zero attached hydrogens (tertiary/aromatic N) is 2. The molecule has 1 atom stereocenters. The van der Waals surface area contributed by atoms with Crippen molar-refractivity contribution in [2.24, 2.45) is 0 Å². The molecule has 1 aliphatic rings. The van der Waals surface area contributed by atoms with Gasteiger partial charge in [0.2, 0.25) is 20.0 Å². The number of carbonyl (C=O) groups excluding carboxylic acids is 1. The van der Waals surface area contributed by atoms with E-state index in [0.717, 1.165) is 22.2 Å². The SMILES string of the molecule is CNC(=O)c1c(-c2ccc(C)cc2)oc2cc(N(C)S(C)(=O)=O)c([C@H]3CCCN(S(=O)(=O)c4cccc(F)c4)C3)cc12.